The second kappa shape index (κ2) is 12.0. The molecule has 0 fully saturated rings. The molecule has 22 heavy (non-hydrogen) atoms. The zero-order valence-electron chi connectivity index (χ0n) is 12.9. The highest BCUT2D eigenvalue weighted by molar-refractivity contribution is 5.85. The Hall–Kier alpha value is -1.59. The summed E-state index contributed by atoms with van der Waals surface area (Å²) in [5, 5.41) is 2.82. The minimum absolute atomic E-state index is 0. The number of hydrogen-bond acceptors (Lipinski definition) is 4. The number of benzene rings is 1. The molecule has 0 saturated carbocycles. The molecule has 0 heterocycles. The molecule has 0 unspecified atom stereocenters. The van der Waals surface area contributed by atoms with Gasteiger partial charge in [0.15, 0.2) is 0 Å². The Morgan fingerprint density at radius 1 is 1.18 bits per heavy atom. The number of amides is 1. The van der Waals surface area contributed by atoms with Crippen molar-refractivity contribution in [2.45, 2.75) is 38.1 Å². The maximum Gasteiger partial charge on any atom is 0.305 e. The number of esters is 1. The molecule has 1 aromatic carbocycles. The summed E-state index contributed by atoms with van der Waals surface area (Å²) in [6.45, 7) is 0.586. The first-order valence-electron chi connectivity index (χ1n) is 7.27. The van der Waals surface area contributed by atoms with E-state index in [1.54, 1.807) is 0 Å². The van der Waals surface area contributed by atoms with Crippen molar-refractivity contribution in [1.82, 2.24) is 5.32 Å². The van der Waals surface area contributed by atoms with E-state index in [0.29, 0.717) is 19.4 Å². The van der Waals surface area contributed by atoms with E-state index in [2.05, 4.69) is 10.1 Å². The first kappa shape index (κ1) is 20.4. The first-order chi connectivity index (χ1) is 10.1. The molecule has 0 spiro atoms. The van der Waals surface area contributed by atoms with Crippen LogP contribution in [-0.2, 0) is 20.7 Å². The molecule has 3 N–H and O–H groups in total. The average molecular weight is 329 g/mol. The van der Waals surface area contributed by atoms with Gasteiger partial charge in [0.05, 0.1) is 13.2 Å². The summed E-state index contributed by atoms with van der Waals surface area (Å²) in [5.74, 6) is -0.323. The third-order valence-corrected chi connectivity index (χ3v) is 3.22. The Bertz CT molecular complexity index is 440. The minimum atomic E-state index is -0.525. The number of carbonyl (C=O) groups excluding carboxylic acids is 2. The number of rotatable bonds is 9. The molecule has 5 nitrogen and oxygen atoms in total. The summed E-state index contributed by atoms with van der Waals surface area (Å²) in [4.78, 5) is 22.7. The Labute approximate surface area is 138 Å². The number of nitrogens with two attached hydrogens (primary N) is 1. The molecule has 1 amide bonds. The summed E-state index contributed by atoms with van der Waals surface area (Å²) in [7, 11) is 1.39. The van der Waals surface area contributed by atoms with E-state index in [9.17, 15) is 9.59 Å². The second-order valence-electron chi connectivity index (χ2n) is 4.97. The molecular formula is C16H25ClN2O3. The van der Waals surface area contributed by atoms with Crippen molar-refractivity contribution in [2.75, 3.05) is 13.7 Å². The number of carbonyl (C=O) groups is 2. The number of methoxy groups -OCH3 is 1. The Kier molecular flexibility index (Phi) is 11.1. The molecular weight excluding hydrogens is 304 g/mol. The Morgan fingerprint density at radius 3 is 2.50 bits per heavy atom. The first-order valence-corrected chi connectivity index (χ1v) is 7.27. The zero-order chi connectivity index (χ0) is 15.5. The van der Waals surface area contributed by atoms with E-state index in [-0.39, 0.29) is 24.3 Å². The molecule has 0 aliphatic rings. The van der Waals surface area contributed by atoms with Gasteiger partial charge in [-0.1, -0.05) is 36.8 Å². The largest absolute Gasteiger partial charge is 0.469 e. The molecule has 0 aliphatic heterocycles. The van der Waals surface area contributed by atoms with Crippen LogP contribution in [0, 0.1) is 0 Å². The van der Waals surface area contributed by atoms with E-state index in [1.807, 2.05) is 30.3 Å². The van der Waals surface area contributed by atoms with Gasteiger partial charge in [0, 0.05) is 13.0 Å². The predicted molar refractivity (Wildman–Crippen MR) is 88.9 cm³/mol. The van der Waals surface area contributed by atoms with Crippen LogP contribution in [-0.4, -0.2) is 31.6 Å². The molecule has 1 atom stereocenters. The lowest BCUT2D eigenvalue weighted by Gasteiger charge is -2.12. The third kappa shape index (κ3) is 8.64. The fourth-order valence-corrected chi connectivity index (χ4v) is 1.98. The van der Waals surface area contributed by atoms with Crippen LogP contribution in [0.4, 0.5) is 0 Å². The van der Waals surface area contributed by atoms with E-state index >= 15 is 0 Å². The van der Waals surface area contributed by atoms with Crippen LogP contribution < -0.4 is 11.1 Å². The molecule has 6 heteroatoms. The van der Waals surface area contributed by atoms with Gasteiger partial charge in [-0.15, -0.1) is 12.4 Å². The van der Waals surface area contributed by atoms with Crippen LogP contribution in [0.15, 0.2) is 30.3 Å². The highest BCUT2D eigenvalue weighted by atomic mass is 35.5. The van der Waals surface area contributed by atoms with E-state index in [0.717, 1.165) is 24.8 Å². The van der Waals surface area contributed by atoms with Crippen molar-refractivity contribution in [3.8, 4) is 0 Å². The van der Waals surface area contributed by atoms with E-state index < -0.39 is 6.04 Å². The van der Waals surface area contributed by atoms with Crippen LogP contribution in [0.1, 0.15) is 31.2 Å². The van der Waals surface area contributed by atoms with Crippen LogP contribution in [0.5, 0.6) is 0 Å². The summed E-state index contributed by atoms with van der Waals surface area (Å²) in [5.41, 5.74) is 6.93. The van der Waals surface area contributed by atoms with Crippen LogP contribution >= 0.6 is 12.4 Å². The molecule has 124 valence electrons. The van der Waals surface area contributed by atoms with Gasteiger partial charge in [0.2, 0.25) is 5.91 Å². The number of nitrogens with one attached hydrogen (secondary N) is 1. The normalized spacial score (nSPS) is 11.2. The van der Waals surface area contributed by atoms with Crippen molar-refractivity contribution in [3.05, 3.63) is 35.9 Å². The molecule has 1 rings (SSSR count). The van der Waals surface area contributed by atoms with Gasteiger partial charge in [-0.2, -0.15) is 0 Å². The molecule has 0 saturated heterocycles. The van der Waals surface area contributed by atoms with Crippen molar-refractivity contribution < 1.29 is 14.3 Å². The number of halogens is 1. The number of ether oxygens (including phenoxy) is 1. The van der Waals surface area contributed by atoms with Crippen molar-refractivity contribution in [3.63, 3.8) is 0 Å². The summed E-state index contributed by atoms with van der Waals surface area (Å²) >= 11 is 0. The SMILES string of the molecule is COC(=O)CCCCCNC(=O)[C@@H](N)Cc1ccccc1.Cl. The Morgan fingerprint density at radius 2 is 1.86 bits per heavy atom. The van der Waals surface area contributed by atoms with Gasteiger partial charge in [0.1, 0.15) is 0 Å². The highest BCUT2D eigenvalue weighted by Crippen LogP contribution is 2.03. The maximum atomic E-state index is 11.8. The third-order valence-electron chi connectivity index (χ3n) is 3.22. The smallest absolute Gasteiger partial charge is 0.305 e. The van der Waals surface area contributed by atoms with Crippen molar-refractivity contribution in [1.29, 1.82) is 0 Å². The minimum Gasteiger partial charge on any atom is -0.469 e. The van der Waals surface area contributed by atoms with Gasteiger partial charge in [-0.3, -0.25) is 9.59 Å². The zero-order valence-corrected chi connectivity index (χ0v) is 13.7. The molecule has 0 radical (unpaired) electrons. The van der Waals surface area contributed by atoms with Gasteiger partial charge < -0.3 is 15.8 Å². The summed E-state index contributed by atoms with van der Waals surface area (Å²) < 4.78 is 4.56. The fraction of sp³-hybridized carbons (Fsp3) is 0.500. The van der Waals surface area contributed by atoms with Crippen LogP contribution in [0.25, 0.3) is 0 Å². The predicted octanol–water partition coefficient (Wildman–Crippen LogP) is 1.83. The Balaban J connectivity index is 0.00000441. The van der Waals surface area contributed by atoms with E-state index in [1.165, 1.54) is 7.11 Å². The summed E-state index contributed by atoms with van der Waals surface area (Å²) in [6, 6.07) is 9.19. The standard InChI is InChI=1S/C16H24N2O3.ClH/c1-21-15(19)10-6-3-7-11-18-16(20)14(17)12-13-8-4-2-5-9-13;/h2,4-5,8-9,14H,3,6-7,10-12,17H2,1H3,(H,18,20);1H/t14-;/m0./s1. The number of unbranched alkanes of at least 4 members (excludes halogenated alkanes) is 2. The van der Waals surface area contributed by atoms with Gasteiger partial charge >= 0.3 is 5.97 Å². The molecule has 0 aliphatic carbocycles. The van der Waals surface area contributed by atoms with Crippen LogP contribution in [0.3, 0.4) is 0 Å². The van der Waals surface area contributed by atoms with Gasteiger partial charge in [-0.05, 0) is 24.8 Å². The second-order valence-corrected chi connectivity index (χ2v) is 4.97. The highest BCUT2D eigenvalue weighted by Gasteiger charge is 2.13. The number of hydrogen-bond donors (Lipinski definition) is 2. The fourth-order valence-electron chi connectivity index (χ4n) is 1.98. The maximum absolute atomic E-state index is 11.8. The molecule has 1 aromatic rings. The quantitative estimate of drug-likeness (QED) is 0.535. The van der Waals surface area contributed by atoms with E-state index in [4.69, 9.17) is 5.73 Å². The van der Waals surface area contributed by atoms with Crippen molar-refractivity contribution >= 4 is 24.3 Å². The van der Waals surface area contributed by atoms with Gasteiger partial charge in [0.25, 0.3) is 0 Å². The summed E-state index contributed by atoms with van der Waals surface area (Å²) in [6.07, 6.45) is 3.45. The monoisotopic (exact) mass is 328 g/mol. The van der Waals surface area contributed by atoms with Gasteiger partial charge in [-0.25, -0.2) is 0 Å². The lowest BCUT2D eigenvalue weighted by atomic mass is 10.1. The molecule has 0 bridgehead atoms. The van der Waals surface area contributed by atoms with Crippen LogP contribution in [0.2, 0.25) is 0 Å². The molecule has 0 aromatic heterocycles. The lowest BCUT2D eigenvalue weighted by molar-refractivity contribution is -0.140. The average Bonchev–Trinajstić information content (AvgIpc) is 2.51. The lowest BCUT2D eigenvalue weighted by Crippen LogP contribution is -2.42. The topological polar surface area (TPSA) is 81.4 Å². The van der Waals surface area contributed by atoms with Crippen molar-refractivity contribution in [2.24, 2.45) is 5.73 Å².